The predicted octanol–water partition coefficient (Wildman–Crippen LogP) is 3.11. The monoisotopic (exact) mass is 376 g/mol. The van der Waals surface area contributed by atoms with Gasteiger partial charge in [0, 0.05) is 17.5 Å². The van der Waals surface area contributed by atoms with E-state index >= 15 is 0 Å². The van der Waals surface area contributed by atoms with Crippen molar-refractivity contribution in [3.05, 3.63) is 87.9 Å². The van der Waals surface area contributed by atoms with Gasteiger partial charge in [-0.15, -0.1) is 0 Å². The first-order valence-corrected chi connectivity index (χ1v) is 8.53. The highest BCUT2D eigenvalue weighted by atomic mass is 16.6. The molecule has 1 amide bonds. The van der Waals surface area contributed by atoms with Crippen molar-refractivity contribution < 1.29 is 9.72 Å². The van der Waals surface area contributed by atoms with Gasteiger partial charge in [-0.2, -0.15) is 10.1 Å². The smallest absolute Gasteiger partial charge is 0.275 e. The normalized spacial score (nSPS) is 15.5. The Morgan fingerprint density at radius 1 is 1.18 bits per heavy atom. The molecule has 1 aromatic heterocycles. The molecular weight excluding hydrogens is 360 g/mol. The van der Waals surface area contributed by atoms with Crippen molar-refractivity contribution in [1.82, 2.24) is 14.8 Å². The Hall–Kier alpha value is -4.01. The van der Waals surface area contributed by atoms with Gasteiger partial charge in [-0.25, -0.2) is 4.68 Å². The number of nitro benzene ring substituents is 1. The lowest BCUT2D eigenvalue weighted by Gasteiger charge is -2.28. The third-order valence-corrected chi connectivity index (χ3v) is 4.50. The molecule has 0 saturated heterocycles. The average molecular weight is 376 g/mol. The summed E-state index contributed by atoms with van der Waals surface area (Å²) in [6, 6.07) is 14.5. The van der Waals surface area contributed by atoms with Gasteiger partial charge in [0.25, 0.3) is 11.6 Å². The molecule has 1 aliphatic rings. The lowest BCUT2D eigenvalue weighted by atomic mass is 9.93. The Morgan fingerprint density at radius 2 is 1.89 bits per heavy atom. The topological polar surface area (TPSA) is 115 Å². The molecule has 0 bridgehead atoms. The largest absolute Gasteiger partial charge is 0.328 e. The van der Waals surface area contributed by atoms with Gasteiger partial charge in [-0.05, 0) is 25.1 Å². The zero-order valence-corrected chi connectivity index (χ0v) is 14.9. The van der Waals surface area contributed by atoms with Gasteiger partial charge in [-0.3, -0.25) is 14.9 Å². The van der Waals surface area contributed by atoms with E-state index in [-0.39, 0.29) is 11.6 Å². The molecule has 28 heavy (non-hydrogen) atoms. The van der Waals surface area contributed by atoms with Crippen LogP contribution in [0.15, 0.2) is 72.2 Å². The van der Waals surface area contributed by atoms with Gasteiger partial charge in [-0.1, -0.05) is 30.3 Å². The van der Waals surface area contributed by atoms with Gasteiger partial charge in [0.1, 0.15) is 12.4 Å². The summed E-state index contributed by atoms with van der Waals surface area (Å²) in [5.74, 6) is 0.0393. The number of nitro groups is 1. The number of fused-ring (bicyclic) bond motifs is 1. The summed E-state index contributed by atoms with van der Waals surface area (Å²) in [5, 5.41) is 21.7. The van der Waals surface area contributed by atoms with Crippen molar-refractivity contribution in [3.8, 4) is 0 Å². The van der Waals surface area contributed by atoms with Crippen molar-refractivity contribution in [3.63, 3.8) is 0 Å². The van der Waals surface area contributed by atoms with Crippen LogP contribution in [0.1, 0.15) is 18.5 Å². The van der Waals surface area contributed by atoms with Crippen LogP contribution in [0.25, 0.3) is 0 Å². The van der Waals surface area contributed by atoms with Crippen LogP contribution in [0.3, 0.4) is 0 Å². The standard InChI is InChI=1S/C19H16N6O3/c1-12-16(18(26)23-13-7-3-2-4-8-13)17(24-19(22-12)20-11-21-24)14-9-5-6-10-15(14)25(27)28/h2-11,17H,1H3,(H,23,26)(H,20,21,22). The molecule has 1 atom stereocenters. The maximum absolute atomic E-state index is 13.1. The molecule has 1 aliphatic heterocycles. The third-order valence-electron chi connectivity index (χ3n) is 4.50. The average Bonchev–Trinajstić information content (AvgIpc) is 3.15. The number of amides is 1. The minimum Gasteiger partial charge on any atom is -0.328 e. The molecule has 3 aromatic rings. The summed E-state index contributed by atoms with van der Waals surface area (Å²) >= 11 is 0. The minimum absolute atomic E-state index is 0.0892. The Kier molecular flexibility index (Phi) is 4.32. The number of hydrogen-bond donors (Lipinski definition) is 2. The number of benzene rings is 2. The molecule has 0 aliphatic carbocycles. The number of para-hydroxylation sites is 2. The van der Waals surface area contributed by atoms with E-state index in [2.05, 4.69) is 20.7 Å². The maximum atomic E-state index is 13.1. The SMILES string of the molecule is CC1=C(C(=O)Nc2ccccc2)C(c2ccccc2[N+](=O)[O-])n2ncnc2N1. The number of rotatable bonds is 4. The van der Waals surface area contributed by atoms with Crippen molar-refractivity contribution >= 4 is 23.2 Å². The molecule has 140 valence electrons. The second-order valence-corrected chi connectivity index (χ2v) is 6.23. The van der Waals surface area contributed by atoms with E-state index in [4.69, 9.17) is 0 Å². The zero-order valence-electron chi connectivity index (χ0n) is 14.9. The molecule has 2 N–H and O–H groups in total. The summed E-state index contributed by atoms with van der Waals surface area (Å²) in [6.45, 7) is 1.74. The number of nitrogens with one attached hydrogen (secondary N) is 2. The Balaban J connectivity index is 1.84. The Bertz CT molecular complexity index is 1090. The van der Waals surface area contributed by atoms with Crippen molar-refractivity contribution in [1.29, 1.82) is 0 Å². The predicted molar refractivity (Wildman–Crippen MR) is 103 cm³/mol. The van der Waals surface area contributed by atoms with Crippen LogP contribution in [-0.4, -0.2) is 25.6 Å². The fraction of sp³-hybridized carbons (Fsp3) is 0.105. The third kappa shape index (κ3) is 2.98. The summed E-state index contributed by atoms with van der Waals surface area (Å²) in [6.07, 6.45) is 1.34. The molecule has 9 heteroatoms. The highest BCUT2D eigenvalue weighted by Gasteiger charge is 2.36. The zero-order chi connectivity index (χ0) is 19.7. The van der Waals surface area contributed by atoms with Crippen LogP contribution in [-0.2, 0) is 4.79 Å². The highest BCUT2D eigenvalue weighted by molar-refractivity contribution is 6.06. The van der Waals surface area contributed by atoms with Crippen LogP contribution in [0.2, 0.25) is 0 Å². The lowest BCUT2D eigenvalue weighted by Crippen LogP contribution is -2.31. The first kappa shape index (κ1) is 17.4. The number of carbonyl (C=O) groups is 1. The maximum Gasteiger partial charge on any atom is 0.275 e. The van der Waals surface area contributed by atoms with Crippen molar-refractivity contribution in [2.45, 2.75) is 13.0 Å². The number of hydrogen-bond acceptors (Lipinski definition) is 6. The number of carbonyl (C=O) groups excluding carboxylic acids is 1. The molecule has 0 spiro atoms. The molecule has 0 radical (unpaired) electrons. The quantitative estimate of drug-likeness (QED) is 0.534. The van der Waals surface area contributed by atoms with Gasteiger partial charge < -0.3 is 10.6 Å². The molecular formula is C19H16N6O3. The molecule has 2 heterocycles. The van der Waals surface area contributed by atoms with Gasteiger partial charge in [0.05, 0.1) is 16.1 Å². The van der Waals surface area contributed by atoms with E-state index in [9.17, 15) is 14.9 Å². The number of anilines is 2. The van der Waals surface area contributed by atoms with E-state index in [1.807, 2.05) is 18.2 Å². The van der Waals surface area contributed by atoms with Gasteiger partial charge in [0.2, 0.25) is 5.95 Å². The van der Waals surface area contributed by atoms with Crippen molar-refractivity contribution in [2.75, 3.05) is 10.6 Å². The lowest BCUT2D eigenvalue weighted by molar-refractivity contribution is -0.385. The molecule has 9 nitrogen and oxygen atoms in total. The number of allylic oxidation sites excluding steroid dienone is 1. The van der Waals surface area contributed by atoms with Gasteiger partial charge in [0.15, 0.2) is 0 Å². The first-order chi connectivity index (χ1) is 13.6. The molecule has 1 unspecified atom stereocenters. The van der Waals surface area contributed by atoms with Gasteiger partial charge >= 0.3 is 0 Å². The molecule has 4 rings (SSSR count). The summed E-state index contributed by atoms with van der Waals surface area (Å²) < 4.78 is 1.48. The molecule has 2 aromatic carbocycles. The number of aromatic nitrogens is 3. The first-order valence-electron chi connectivity index (χ1n) is 8.53. The second kappa shape index (κ2) is 6.95. The van der Waals surface area contributed by atoms with Crippen LogP contribution in [0, 0.1) is 10.1 Å². The summed E-state index contributed by atoms with van der Waals surface area (Å²) in [4.78, 5) is 28.4. The minimum atomic E-state index is -0.788. The van der Waals surface area contributed by atoms with E-state index in [0.717, 1.165) is 0 Å². The van der Waals surface area contributed by atoms with E-state index in [1.54, 1.807) is 37.3 Å². The fourth-order valence-electron chi connectivity index (χ4n) is 3.28. The Morgan fingerprint density at radius 3 is 2.64 bits per heavy atom. The summed E-state index contributed by atoms with van der Waals surface area (Å²) in [5.41, 5.74) is 1.78. The second-order valence-electron chi connectivity index (χ2n) is 6.23. The highest BCUT2D eigenvalue weighted by Crippen LogP contribution is 2.38. The van der Waals surface area contributed by atoms with E-state index in [0.29, 0.717) is 28.5 Å². The van der Waals surface area contributed by atoms with Crippen molar-refractivity contribution in [2.24, 2.45) is 0 Å². The Labute approximate surface area is 159 Å². The van der Waals surface area contributed by atoms with Crippen LogP contribution < -0.4 is 10.6 Å². The fourth-order valence-corrected chi connectivity index (χ4v) is 3.28. The summed E-state index contributed by atoms with van der Waals surface area (Å²) in [7, 11) is 0. The van der Waals surface area contributed by atoms with Crippen LogP contribution >= 0.6 is 0 Å². The van der Waals surface area contributed by atoms with E-state index < -0.39 is 11.0 Å². The van der Waals surface area contributed by atoms with Crippen LogP contribution in [0.4, 0.5) is 17.3 Å². The molecule has 0 fully saturated rings. The van der Waals surface area contributed by atoms with Crippen LogP contribution in [0.5, 0.6) is 0 Å². The molecule has 0 saturated carbocycles. The number of nitrogens with zero attached hydrogens (tertiary/aromatic N) is 4. The van der Waals surface area contributed by atoms with E-state index in [1.165, 1.54) is 17.1 Å².